The number of hydrogen-bond donors (Lipinski definition) is 1. The Bertz CT molecular complexity index is 739. The molecule has 0 unspecified atom stereocenters. The lowest BCUT2D eigenvalue weighted by atomic mass is 9.65. The molecule has 2 aliphatic rings. The number of aromatic nitrogens is 1. The summed E-state index contributed by atoms with van der Waals surface area (Å²) in [6.07, 6.45) is 6.94. The summed E-state index contributed by atoms with van der Waals surface area (Å²) in [7, 11) is 0. The van der Waals surface area contributed by atoms with E-state index < -0.39 is 0 Å². The summed E-state index contributed by atoms with van der Waals surface area (Å²) in [6.45, 7) is 7.02. The number of piperidine rings is 1. The Balaban J connectivity index is 1.86. The normalized spacial score (nSPS) is 30.1. The predicted octanol–water partition coefficient (Wildman–Crippen LogP) is 4.63. The predicted molar refractivity (Wildman–Crippen MR) is 91.7 cm³/mol. The summed E-state index contributed by atoms with van der Waals surface area (Å²) in [6, 6.07) is 11.1. The van der Waals surface area contributed by atoms with Crippen molar-refractivity contribution in [3.63, 3.8) is 0 Å². The van der Waals surface area contributed by atoms with E-state index in [-0.39, 0.29) is 5.54 Å². The lowest BCUT2D eigenvalue weighted by Gasteiger charge is -2.50. The zero-order valence-electron chi connectivity index (χ0n) is 13.6. The maximum Gasteiger partial charge on any atom is 0.0705 e. The molecule has 3 atom stereocenters. The molecule has 22 heavy (non-hydrogen) atoms. The molecule has 0 radical (unpaired) electrons. The monoisotopic (exact) mass is 292 g/mol. The molecule has 0 amide bonds. The van der Waals surface area contributed by atoms with Crippen molar-refractivity contribution in [2.45, 2.75) is 45.2 Å². The van der Waals surface area contributed by atoms with Crippen molar-refractivity contribution in [2.24, 2.45) is 11.8 Å². The van der Waals surface area contributed by atoms with Gasteiger partial charge in [0.2, 0.25) is 0 Å². The van der Waals surface area contributed by atoms with Crippen molar-refractivity contribution >= 4 is 10.9 Å². The summed E-state index contributed by atoms with van der Waals surface area (Å²) in [5.41, 5.74) is 4.23. The Kier molecular flexibility index (Phi) is 3.12. The van der Waals surface area contributed by atoms with Crippen molar-refractivity contribution in [1.82, 2.24) is 10.3 Å². The average Bonchev–Trinajstić information content (AvgIpc) is 2.52. The molecule has 1 aliphatic heterocycles. The second-order valence-corrected chi connectivity index (χ2v) is 7.48. The van der Waals surface area contributed by atoms with Gasteiger partial charge in [-0.15, -0.1) is 0 Å². The number of allylic oxidation sites excluding steroid dienone is 1. The number of rotatable bonds is 1. The van der Waals surface area contributed by atoms with Gasteiger partial charge in [-0.1, -0.05) is 29.8 Å². The van der Waals surface area contributed by atoms with Crippen molar-refractivity contribution < 1.29 is 0 Å². The largest absolute Gasteiger partial charge is 0.304 e. The number of para-hydroxylation sites is 1. The van der Waals surface area contributed by atoms with E-state index >= 15 is 0 Å². The van der Waals surface area contributed by atoms with Gasteiger partial charge < -0.3 is 5.32 Å². The first-order valence-electron chi connectivity index (χ1n) is 8.34. The Morgan fingerprint density at radius 1 is 1.18 bits per heavy atom. The number of nitrogens with zero attached hydrogens (tertiary/aromatic N) is 1. The van der Waals surface area contributed by atoms with Gasteiger partial charge in [0.05, 0.1) is 5.52 Å². The van der Waals surface area contributed by atoms with E-state index in [1.807, 2.05) is 6.20 Å². The molecule has 1 saturated heterocycles. The first-order valence-corrected chi connectivity index (χ1v) is 8.34. The second-order valence-electron chi connectivity index (χ2n) is 7.48. The van der Waals surface area contributed by atoms with Crippen molar-refractivity contribution in [1.29, 1.82) is 0 Å². The first-order chi connectivity index (χ1) is 10.6. The molecule has 1 aromatic heterocycles. The summed E-state index contributed by atoms with van der Waals surface area (Å²) in [4.78, 5) is 4.53. The van der Waals surface area contributed by atoms with Gasteiger partial charge in [0.15, 0.2) is 0 Å². The molecule has 2 heterocycles. The van der Waals surface area contributed by atoms with Gasteiger partial charge in [-0.25, -0.2) is 0 Å². The van der Waals surface area contributed by atoms with Crippen LogP contribution >= 0.6 is 0 Å². The molecule has 1 aliphatic carbocycles. The number of hydrogen-bond acceptors (Lipinski definition) is 2. The fourth-order valence-corrected chi connectivity index (χ4v) is 4.36. The Morgan fingerprint density at radius 2 is 2.00 bits per heavy atom. The van der Waals surface area contributed by atoms with Crippen LogP contribution in [0.4, 0.5) is 0 Å². The van der Waals surface area contributed by atoms with Crippen LogP contribution in [0, 0.1) is 11.8 Å². The van der Waals surface area contributed by atoms with E-state index in [2.05, 4.69) is 67.5 Å². The molecular weight excluding hydrogens is 268 g/mol. The zero-order chi connectivity index (χ0) is 15.3. The third kappa shape index (κ3) is 2.09. The third-order valence-electron chi connectivity index (χ3n) is 5.82. The first kappa shape index (κ1) is 14.0. The van der Waals surface area contributed by atoms with Crippen molar-refractivity contribution in [2.75, 3.05) is 0 Å². The lowest BCUT2D eigenvalue weighted by Crippen LogP contribution is -2.55. The highest BCUT2D eigenvalue weighted by Crippen LogP contribution is 2.47. The minimum atomic E-state index is 0.183. The quantitative estimate of drug-likeness (QED) is 0.775. The number of nitrogens with one attached hydrogen (secondary N) is 1. The van der Waals surface area contributed by atoms with Gasteiger partial charge in [-0.3, -0.25) is 4.98 Å². The maximum atomic E-state index is 4.53. The highest BCUT2D eigenvalue weighted by molar-refractivity contribution is 5.82. The SMILES string of the molecule is CC1=CC[C@@H]2C[C@H]1[C@H](c1ccnc3ccccc13)NC2(C)C. The number of fused-ring (bicyclic) bond motifs is 3. The van der Waals surface area contributed by atoms with Gasteiger partial charge in [0, 0.05) is 23.2 Å². The fraction of sp³-hybridized carbons (Fsp3) is 0.450. The van der Waals surface area contributed by atoms with Crippen LogP contribution in [-0.4, -0.2) is 10.5 Å². The number of pyridine rings is 1. The number of benzene rings is 1. The molecular formula is C20H24N2. The lowest BCUT2D eigenvalue weighted by molar-refractivity contribution is 0.110. The van der Waals surface area contributed by atoms with E-state index in [0.717, 1.165) is 11.4 Å². The van der Waals surface area contributed by atoms with Crippen LogP contribution < -0.4 is 5.32 Å². The molecule has 1 N–H and O–H groups in total. The van der Waals surface area contributed by atoms with Crippen LogP contribution in [0.5, 0.6) is 0 Å². The van der Waals surface area contributed by atoms with Crippen LogP contribution in [0.1, 0.15) is 45.2 Å². The van der Waals surface area contributed by atoms with Crippen LogP contribution in [0.25, 0.3) is 10.9 Å². The highest BCUT2D eigenvalue weighted by Gasteiger charge is 2.44. The maximum absolute atomic E-state index is 4.53. The van der Waals surface area contributed by atoms with Crippen molar-refractivity contribution in [3.05, 3.63) is 53.7 Å². The summed E-state index contributed by atoms with van der Waals surface area (Å²) >= 11 is 0. The molecule has 0 spiro atoms. The average molecular weight is 292 g/mol. The van der Waals surface area contributed by atoms with Gasteiger partial charge in [-0.05, 0) is 63.1 Å². The Morgan fingerprint density at radius 3 is 2.86 bits per heavy atom. The second kappa shape index (κ2) is 4.92. The smallest absolute Gasteiger partial charge is 0.0705 e. The fourth-order valence-electron chi connectivity index (χ4n) is 4.36. The van der Waals surface area contributed by atoms with Crippen LogP contribution in [-0.2, 0) is 0 Å². The standard InChI is InChI=1S/C20H24N2/c1-13-8-9-14-12-17(13)19(22-20(14,2)3)16-10-11-21-18-7-5-4-6-15(16)18/h4-8,10-11,14,17,19,22H,9,12H2,1-3H3/t14-,17-,19+/m1/s1. The topological polar surface area (TPSA) is 24.9 Å². The molecule has 2 aromatic rings. The Hall–Kier alpha value is -1.67. The molecule has 1 aromatic carbocycles. The van der Waals surface area contributed by atoms with E-state index in [0.29, 0.717) is 12.0 Å². The van der Waals surface area contributed by atoms with E-state index in [1.54, 1.807) is 5.57 Å². The molecule has 2 bridgehead atoms. The highest BCUT2D eigenvalue weighted by atomic mass is 15.0. The van der Waals surface area contributed by atoms with Gasteiger partial charge >= 0.3 is 0 Å². The van der Waals surface area contributed by atoms with Crippen LogP contribution in [0.15, 0.2) is 48.2 Å². The van der Waals surface area contributed by atoms with E-state index in [1.165, 1.54) is 23.8 Å². The minimum absolute atomic E-state index is 0.183. The summed E-state index contributed by atoms with van der Waals surface area (Å²) in [5.74, 6) is 1.35. The third-order valence-corrected chi connectivity index (χ3v) is 5.82. The summed E-state index contributed by atoms with van der Waals surface area (Å²) < 4.78 is 0. The zero-order valence-corrected chi connectivity index (χ0v) is 13.6. The molecule has 4 rings (SSSR count). The van der Waals surface area contributed by atoms with E-state index in [4.69, 9.17) is 0 Å². The van der Waals surface area contributed by atoms with Crippen LogP contribution in [0.2, 0.25) is 0 Å². The van der Waals surface area contributed by atoms with Crippen molar-refractivity contribution in [3.8, 4) is 0 Å². The van der Waals surface area contributed by atoms with E-state index in [9.17, 15) is 0 Å². The van der Waals surface area contributed by atoms with Gasteiger partial charge in [-0.2, -0.15) is 0 Å². The van der Waals surface area contributed by atoms with Crippen LogP contribution in [0.3, 0.4) is 0 Å². The molecule has 0 saturated carbocycles. The minimum Gasteiger partial charge on any atom is -0.304 e. The molecule has 1 fully saturated rings. The summed E-state index contributed by atoms with van der Waals surface area (Å²) in [5, 5.41) is 5.25. The van der Waals surface area contributed by atoms with Gasteiger partial charge in [0.1, 0.15) is 0 Å². The molecule has 2 nitrogen and oxygen atoms in total. The Labute approximate surface area is 132 Å². The molecule has 114 valence electrons. The van der Waals surface area contributed by atoms with Gasteiger partial charge in [0.25, 0.3) is 0 Å². The molecule has 2 heteroatoms.